The molecule has 4 fully saturated rings. The molecule has 35 heavy (non-hydrogen) atoms. The zero-order chi connectivity index (χ0) is 25.8. The Hall–Kier alpha value is -0.910. The lowest BCUT2D eigenvalue weighted by Gasteiger charge is -2.71. The molecule has 0 radical (unpaired) electrons. The average molecular weight is 489 g/mol. The van der Waals surface area contributed by atoms with Crippen molar-refractivity contribution in [2.24, 2.45) is 56.7 Å². The molecule has 4 N–H and O–H groups in total. The minimum absolute atomic E-state index is 0.00815. The number of carbonyl (C=O) groups is 1. The van der Waals surface area contributed by atoms with Gasteiger partial charge in [0.1, 0.15) is 0 Å². The molecule has 5 rings (SSSR count). The van der Waals surface area contributed by atoms with E-state index in [1.807, 2.05) is 6.92 Å². The van der Waals surface area contributed by atoms with Crippen LogP contribution in [0.5, 0.6) is 0 Å². The number of carboxylic acid groups (broad SMARTS) is 1. The Morgan fingerprint density at radius 1 is 1.00 bits per heavy atom. The van der Waals surface area contributed by atoms with Gasteiger partial charge in [-0.2, -0.15) is 0 Å². The molecular formula is C30H48O5. The normalized spacial score (nSPS) is 57.7. The van der Waals surface area contributed by atoms with Gasteiger partial charge < -0.3 is 20.4 Å². The molecule has 5 heteroatoms. The van der Waals surface area contributed by atoms with Crippen LogP contribution in [0.25, 0.3) is 0 Å². The molecule has 0 aromatic rings. The summed E-state index contributed by atoms with van der Waals surface area (Å²) in [7, 11) is 0. The zero-order valence-corrected chi connectivity index (χ0v) is 22.7. The molecule has 5 aliphatic rings. The van der Waals surface area contributed by atoms with Crippen LogP contribution in [0.3, 0.4) is 0 Å². The van der Waals surface area contributed by atoms with Gasteiger partial charge in [-0.25, -0.2) is 0 Å². The SMILES string of the molecule is C[C@H]1[C@H](C)CC[C@]2(C(=O)O)CC[C@]3(C)C(=CCC4[C@@]5(C)C[C@@H](O)[C@H](O)[C@@](C)(CO)[C@H]5CC[C@]43C)[C@@H]12. The molecule has 1 unspecified atom stereocenters. The number of rotatable bonds is 2. The van der Waals surface area contributed by atoms with E-state index in [0.717, 1.165) is 44.9 Å². The Morgan fingerprint density at radius 3 is 2.31 bits per heavy atom. The number of hydrogen-bond acceptors (Lipinski definition) is 4. The van der Waals surface area contributed by atoms with Crippen LogP contribution in [0.4, 0.5) is 0 Å². The summed E-state index contributed by atoms with van der Waals surface area (Å²) in [5, 5.41) is 42.9. The number of fused-ring (bicyclic) bond motifs is 7. The van der Waals surface area contributed by atoms with E-state index in [4.69, 9.17) is 0 Å². The fourth-order valence-electron chi connectivity index (χ4n) is 11.0. The lowest BCUT2D eigenvalue weighted by Crippen LogP contribution is -2.68. The number of allylic oxidation sites excluding steroid dienone is 2. The van der Waals surface area contributed by atoms with Gasteiger partial charge >= 0.3 is 5.97 Å². The van der Waals surface area contributed by atoms with Gasteiger partial charge in [-0.15, -0.1) is 0 Å². The first kappa shape index (κ1) is 25.7. The number of aliphatic hydroxyl groups is 3. The summed E-state index contributed by atoms with van der Waals surface area (Å²) in [4.78, 5) is 12.8. The minimum atomic E-state index is -0.907. The van der Waals surface area contributed by atoms with E-state index in [1.54, 1.807) is 0 Å². The first-order valence-electron chi connectivity index (χ1n) is 14.1. The van der Waals surface area contributed by atoms with Crippen LogP contribution in [0.1, 0.15) is 92.9 Å². The predicted octanol–water partition coefficient (Wildman–Crippen LogP) is 5.03. The zero-order valence-electron chi connectivity index (χ0n) is 22.7. The summed E-state index contributed by atoms with van der Waals surface area (Å²) >= 11 is 0. The van der Waals surface area contributed by atoms with E-state index in [9.17, 15) is 25.2 Å². The van der Waals surface area contributed by atoms with Gasteiger partial charge in [0.15, 0.2) is 0 Å². The molecular weight excluding hydrogens is 440 g/mol. The number of aliphatic hydroxyl groups excluding tert-OH is 3. The molecule has 0 aromatic carbocycles. The molecule has 0 saturated heterocycles. The molecule has 0 spiro atoms. The van der Waals surface area contributed by atoms with Gasteiger partial charge in [0.25, 0.3) is 0 Å². The maximum Gasteiger partial charge on any atom is 0.310 e. The van der Waals surface area contributed by atoms with Crippen LogP contribution in [0.2, 0.25) is 0 Å². The van der Waals surface area contributed by atoms with E-state index >= 15 is 0 Å². The Balaban J connectivity index is 1.62. The Labute approximate surface area is 211 Å². The van der Waals surface area contributed by atoms with Crippen molar-refractivity contribution in [1.82, 2.24) is 0 Å². The van der Waals surface area contributed by atoms with Crippen LogP contribution in [0, 0.1) is 56.7 Å². The molecule has 0 aromatic heterocycles. The molecule has 0 amide bonds. The molecule has 5 aliphatic carbocycles. The Bertz CT molecular complexity index is 930. The van der Waals surface area contributed by atoms with Crippen molar-refractivity contribution in [3.63, 3.8) is 0 Å². The highest BCUT2D eigenvalue weighted by Gasteiger charge is 2.70. The number of hydrogen-bond donors (Lipinski definition) is 4. The third-order valence-corrected chi connectivity index (χ3v) is 13.5. The summed E-state index contributed by atoms with van der Waals surface area (Å²) in [5.41, 5.74) is -0.214. The van der Waals surface area contributed by atoms with E-state index < -0.39 is 29.0 Å². The van der Waals surface area contributed by atoms with Crippen molar-refractivity contribution < 1.29 is 25.2 Å². The van der Waals surface area contributed by atoms with Gasteiger partial charge in [-0.05, 0) is 97.2 Å². The quantitative estimate of drug-likeness (QED) is 0.409. The first-order chi connectivity index (χ1) is 16.2. The average Bonchev–Trinajstić information content (AvgIpc) is 2.80. The third kappa shape index (κ3) is 2.95. The fraction of sp³-hybridized carbons (Fsp3) is 0.900. The minimum Gasteiger partial charge on any atom is -0.481 e. The summed E-state index contributed by atoms with van der Waals surface area (Å²) in [6, 6.07) is 0. The van der Waals surface area contributed by atoms with E-state index in [-0.39, 0.29) is 34.7 Å². The monoisotopic (exact) mass is 488 g/mol. The fourth-order valence-corrected chi connectivity index (χ4v) is 11.0. The van der Waals surface area contributed by atoms with Crippen molar-refractivity contribution in [2.45, 2.75) is 105 Å². The molecule has 4 saturated carbocycles. The summed E-state index contributed by atoms with van der Waals surface area (Å²) in [5.74, 6) is 0.828. The van der Waals surface area contributed by atoms with E-state index in [1.165, 1.54) is 5.57 Å². The van der Waals surface area contributed by atoms with E-state index in [2.05, 4.69) is 40.7 Å². The van der Waals surface area contributed by atoms with E-state index in [0.29, 0.717) is 24.2 Å². The maximum absolute atomic E-state index is 12.8. The van der Waals surface area contributed by atoms with Gasteiger partial charge in [0.05, 0.1) is 24.2 Å². The number of aliphatic carboxylic acids is 1. The lowest BCUT2D eigenvalue weighted by molar-refractivity contribution is -0.244. The van der Waals surface area contributed by atoms with Gasteiger partial charge in [0, 0.05) is 5.41 Å². The van der Waals surface area contributed by atoms with Crippen LogP contribution in [-0.2, 0) is 4.79 Å². The summed E-state index contributed by atoms with van der Waals surface area (Å²) in [6.45, 7) is 13.6. The molecule has 198 valence electrons. The smallest absolute Gasteiger partial charge is 0.310 e. The van der Waals surface area contributed by atoms with Gasteiger partial charge in [-0.3, -0.25) is 4.79 Å². The maximum atomic E-state index is 12.8. The second kappa shape index (κ2) is 7.80. The van der Waals surface area contributed by atoms with Crippen LogP contribution in [-0.4, -0.2) is 45.2 Å². The van der Waals surface area contributed by atoms with Crippen molar-refractivity contribution in [2.75, 3.05) is 6.61 Å². The van der Waals surface area contributed by atoms with Crippen LogP contribution < -0.4 is 0 Å². The van der Waals surface area contributed by atoms with Crippen molar-refractivity contribution >= 4 is 5.97 Å². The van der Waals surface area contributed by atoms with Crippen molar-refractivity contribution in [1.29, 1.82) is 0 Å². The summed E-state index contributed by atoms with van der Waals surface area (Å²) in [6.07, 6.45) is 7.51. The van der Waals surface area contributed by atoms with Crippen molar-refractivity contribution in [3.8, 4) is 0 Å². The van der Waals surface area contributed by atoms with Crippen molar-refractivity contribution in [3.05, 3.63) is 11.6 Å². The molecule has 5 nitrogen and oxygen atoms in total. The topological polar surface area (TPSA) is 98.0 Å². The van der Waals surface area contributed by atoms with Gasteiger partial charge in [0.2, 0.25) is 0 Å². The second-order valence-electron chi connectivity index (χ2n) is 14.5. The standard InChI is InChI=1S/C30H48O5/c1-17-9-12-30(25(34)35)14-13-28(5)19(23(30)18(17)2)7-8-22-26(3)15-20(32)24(33)27(4,16-31)21(26)10-11-29(22,28)6/h7,17-18,20-24,31-33H,8-16H2,1-6H3,(H,34,35)/t17-,18+,20-,21+,22?,23-,24+,26+,27+,28-,29-,30+/m1/s1. The Kier molecular flexibility index (Phi) is 5.73. The predicted molar refractivity (Wildman–Crippen MR) is 135 cm³/mol. The van der Waals surface area contributed by atoms with Crippen LogP contribution in [0.15, 0.2) is 11.6 Å². The molecule has 0 heterocycles. The summed E-state index contributed by atoms with van der Waals surface area (Å²) < 4.78 is 0. The first-order valence-corrected chi connectivity index (χ1v) is 14.1. The molecule has 12 atom stereocenters. The highest BCUT2D eigenvalue weighted by atomic mass is 16.4. The van der Waals surface area contributed by atoms with Crippen LogP contribution >= 0.6 is 0 Å². The second-order valence-corrected chi connectivity index (χ2v) is 14.5. The Morgan fingerprint density at radius 2 is 1.69 bits per heavy atom. The highest BCUT2D eigenvalue weighted by Crippen LogP contribution is 2.75. The largest absolute Gasteiger partial charge is 0.481 e. The third-order valence-electron chi connectivity index (χ3n) is 13.5. The lowest BCUT2D eigenvalue weighted by atomic mass is 9.33. The number of carboxylic acids is 1. The van der Waals surface area contributed by atoms with Gasteiger partial charge in [-0.1, -0.05) is 53.2 Å². The molecule has 0 bridgehead atoms. The highest BCUT2D eigenvalue weighted by molar-refractivity contribution is 5.76. The molecule has 0 aliphatic heterocycles.